The highest BCUT2D eigenvalue weighted by Gasteiger charge is 2.41. The number of carboxylic acids is 1. The first-order valence-corrected chi connectivity index (χ1v) is 10.7. The molecular weight excluding hydrogens is 434 g/mol. The monoisotopic (exact) mass is 460 g/mol. The predicted molar refractivity (Wildman–Crippen MR) is 117 cm³/mol. The highest BCUT2D eigenvalue weighted by atomic mass is 19.3. The molecule has 33 heavy (non-hydrogen) atoms. The maximum Gasteiger partial charge on any atom is 0.407 e. The van der Waals surface area contributed by atoms with Crippen molar-refractivity contribution in [2.45, 2.75) is 44.1 Å². The number of aliphatic carboxylic acids is 1. The van der Waals surface area contributed by atoms with Crippen molar-refractivity contribution in [2.24, 2.45) is 0 Å². The number of benzene rings is 2. The molecule has 1 atom stereocenters. The van der Waals surface area contributed by atoms with Gasteiger partial charge in [0.1, 0.15) is 12.6 Å². The smallest absolute Gasteiger partial charge is 0.407 e. The molecule has 2 aromatic carbocycles. The molecule has 0 aliphatic heterocycles. The van der Waals surface area contributed by atoms with E-state index in [2.05, 4.69) is 0 Å². The van der Waals surface area contributed by atoms with Crippen LogP contribution in [0.25, 0.3) is 11.1 Å². The molecule has 0 heterocycles. The Kier molecular flexibility index (Phi) is 7.63. The van der Waals surface area contributed by atoms with E-state index in [-0.39, 0.29) is 18.9 Å². The fraction of sp³-hybridized carbons (Fsp3) is 0.375. The number of rotatable bonds is 10. The van der Waals surface area contributed by atoms with Crippen molar-refractivity contribution in [3.05, 3.63) is 59.7 Å². The maximum atomic E-state index is 14.2. The van der Waals surface area contributed by atoms with Crippen molar-refractivity contribution in [2.75, 3.05) is 13.2 Å². The second kappa shape index (κ2) is 10.4. The Morgan fingerprint density at radius 1 is 1.06 bits per heavy atom. The van der Waals surface area contributed by atoms with Crippen LogP contribution in [0.2, 0.25) is 0 Å². The molecule has 3 rings (SSSR count). The lowest BCUT2D eigenvalue weighted by Gasteiger charge is -2.20. The van der Waals surface area contributed by atoms with Crippen molar-refractivity contribution in [3.63, 3.8) is 0 Å². The van der Waals surface area contributed by atoms with Gasteiger partial charge in [-0.25, -0.2) is 9.59 Å². The summed E-state index contributed by atoms with van der Waals surface area (Å²) in [5.74, 6) is -7.38. The third-order valence-electron chi connectivity index (χ3n) is 5.58. The molecule has 1 aliphatic rings. The number of carbonyl (C=O) groups is 3. The van der Waals surface area contributed by atoms with Gasteiger partial charge in [-0.3, -0.25) is 4.79 Å². The summed E-state index contributed by atoms with van der Waals surface area (Å²) in [5, 5.41) is 12.8. The number of amides is 2. The molecule has 0 unspecified atom stereocenters. The molecule has 2 aromatic rings. The standard InChI is InChI=1S/C24H26F2N2O5/c1-2-3-12-20(21(29)30)28-22(31)24(25,26)14-27-23(32)33-13-19-17-10-6-4-8-15(17)16-9-5-7-11-18(16)19/h4-11,19-20H,2-3,12-14H2,1H3,(H,27,32)(H,28,31)(H,29,30)/t20-/m0/s1. The van der Waals surface area contributed by atoms with Gasteiger partial charge in [-0.2, -0.15) is 8.78 Å². The van der Waals surface area contributed by atoms with Crippen LogP contribution in [0.15, 0.2) is 48.5 Å². The summed E-state index contributed by atoms with van der Waals surface area (Å²) in [6.07, 6.45) is 0.0540. The fourth-order valence-electron chi connectivity index (χ4n) is 3.84. The number of carboxylic acid groups (broad SMARTS) is 1. The first-order valence-electron chi connectivity index (χ1n) is 10.7. The molecule has 0 spiro atoms. The molecule has 7 nitrogen and oxygen atoms in total. The van der Waals surface area contributed by atoms with Crippen LogP contribution in [0.4, 0.5) is 13.6 Å². The van der Waals surface area contributed by atoms with Crippen LogP contribution in [0.1, 0.15) is 43.2 Å². The predicted octanol–water partition coefficient (Wildman–Crippen LogP) is 3.92. The number of halogens is 2. The van der Waals surface area contributed by atoms with E-state index in [0.29, 0.717) is 12.8 Å². The van der Waals surface area contributed by atoms with Gasteiger partial charge in [-0.05, 0) is 28.7 Å². The van der Waals surface area contributed by atoms with Gasteiger partial charge in [0.2, 0.25) is 0 Å². The molecule has 176 valence electrons. The zero-order chi connectivity index (χ0) is 24.0. The van der Waals surface area contributed by atoms with Crippen LogP contribution in [-0.2, 0) is 14.3 Å². The molecule has 0 saturated heterocycles. The van der Waals surface area contributed by atoms with E-state index in [9.17, 15) is 23.2 Å². The summed E-state index contributed by atoms with van der Waals surface area (Å²) >= 11 is 0. The summed E-state index contributed by atoms with van der Waals surface area (Å²) in [4.78, 5) is 35.1. The van der Waals surface area contributed by atoms with Crippen LogP contribution < -0.4 is 10.6 Å². The summed E-state index contributed by atoms with van der Waals surface area (Å²) in [5.41, 5.74) is 4.01. The molecule has 3 N–H and O–H groups in total. The third kappa shape index (κ3) is 5.66. The van der Waals surface area contributed by atoms with Crippen LogP contribution in [-0.4, -0.2) is 48.2 Å². The van der Waals surface area contributed by atoms with E-state index in [1.165, 1.54) is 0 Å². The lowest BCUT2D eigenvalue weighted by Crippen LogP contribution is -2.52. The van der Waals surface area contributed by atoms with E-state index < -0.39 is 36.5 Å². The number of hydrogen-bond acceptors (Lipinski definition) is 4. The largest absolute Gasteiger partial charge is 0.480 e. The number of ether oxygens (including phenoxy) is 1. The maximum absolute atomic E-state index is 14.2. The van der Waals surface area contributed by atoms with Crippen molar-refractivity contribution in [3.8, 4) is 11.1 Å². The third-order valence-corrected chi connectivity index (χ3v) is 5.58. The number of hydrogen-bond donors (Lipinski definition) is 3. The first kappa shape index (κ1) is 24.2. The fourth-order valence-corrected chi connectivity index (χ4v) is 3.84. The summed E-state index contributed by atoms with van der Waals surface area (Å²) in [6.45, 7) is 0.443. The van der Waals surface area contributed by atoms with Gasteiger partial charge in [0.05, 0.1) is 6.54 Å². The summed E-state index contributed by atoms with van der Waals surface area (Å²) < 4.78 is 33.5. The lowest BCUT2D eigenvalue weighted by molar-refractivity contribution is -0.150. The first-order chi connectivity index (χ1) is 15.7. The highest BCUT2D eigenvalue weighted by molar-refractivity contribution is 5.88. The highest BCUT2D eigenvalue weighted by Crippen LogP contribution is 2.44. The van der Waals surface area contributed by atoms with Gasteiger partial charge in [-0.1, -0.05) is 68.3 Å². The molecule has 0 radical (unpaired) electrons. The Bertz CT molecular complexity index is 982. The SMILES string of the molecule is CCCC[C@H](NC(=O)C(F)(F)CNC(=O)OCC1c2ccccc2-c2ccccc21)C(=O)O. The van der Waals surface area contributed by atoms with Gasteiger partial charge >= 0.3 is 18.0 Å². The lowest BCUT2D eigenvalue weighted by atomic mass is 9.98. The topological polar surface area (TPSA) is 105 Å². The van der Waals surface area contributed by atoms with E-state index in [1.807, 2.05) is 66.1 Å². The Labute approximate surface area is 190 Å². The Morgan fingerprint density at radius 3 is 2.18 bits per heavy atom. The number of unbranched alkanes of at least 4 members (excludes halogenated alkanes) is 1. The molecule has 0 saturated carbocycles. The number of fused-ring (bicyclic) bond motifs is 3. The summed E-state index contributed by atoms with van der Waals surface area (Å²) in [6, 6.07) is 14.0. The second-order valence-corrected chi connectivity index (χ2v) is 7.89. The van der Waals surface area contributed by atoms with Gasteiger partial charge in [0, 0.05) is 5.92 Å². The van der Waals surface area contributed by atoms with Crippen molar-refractivity contribution >= 4 is 18.0 Å². The van der Waals surface area contributed by atoms with Gasteiger partial charge < -0.3 is 20.5 Å². The van der Waals surface area contributed by atoms with E-state index in [4.69, 9.17) is 9.84 Å². The summed E-state index contributed by atoms with van der Waals surface area (Å²) in [7, 11) is 0. The molecule has 0 aromatic heterocycles. The quantitative estimate of drug-likeness (QED) is 0.499. The van der Waals surface area contributed by atoms with Crippen molar-refractivity contribution in [1.29, 1.82) is 0 Å². The Balaban J connectivity index is 1.55. The zero-order valence-corrected chi connectivity index (χ0v) is 18.1. The van der Waals surface area contributed by atoms with Crippen molar-refractivity contribution < 1.29 is 33.0 Å². The van der Waals surface area contributed by atoms with Gasteiger partial charge in [-0.15, -0.1) is 0 Å². The molecule has 9 heteroatoms. The number of carbonyl (C=O) groups excluding carboxylic acids is 2. The Morgan fingerprint density at radius 2 is 1.64 bits per heavy atom. The number of alkyl carbamates (subject to hydrolysis) is 1. The number of nitrogens with one attached hydrogen (secondary N) is 2. The molecule has 0 bridgehead atoms. The zero-order valence-electron chi connectivity index (χ0n) is 18.1. The van der Waals surface area contributed by atoms with Crippen LogP contribution in [0.5, 0.6) is 0 Å². The van der Waals surface area contributed by atoms with Crippen LogP contribution in [0.3, 0.4) is 0 Å². The molecule has 0 fully saturated rings. The van der Waals surface area contributed by atoms with E-state index in [0.717, 1.165) is 22.3 Å². The number of alkyl halides is 2. The molecule has 1 aliphatic carbocycles. The molecule has 2 amide bonds. The average molecular weight is 460 g/mol. The van der Waals surface area contributed by atoms with Gasteiger partial charge in [0.25, 0.3) is 5.91 Å². The van der Waals surface area contributed by atoms with Crippen LogP contribution in [0, 0.1) is 0 Å². The second-order valence-electron chi connectivity index (χ2n) is 7.89. The average Bonchev–Trinajstić information content (AvgIpc) is 3.12. The minimum Gasteiger partial charge on any atom is -0.480 e. The minimum absolute atomic E-state index is 0.0352. The van der Waals surface area contributed by atoms with Gasteiger partial charge in [0.15, 0.2) is 0 Å². The molecular formula is C24H26F2N2O5. The minimum atomic E-state index is -3.99. The van der Waals surface area contributed by atoms with Crippen LogP contribution >= 0.6 is 0 Å². The normalized spacial score (nSPS) is 13.5. The van der Waals surface area contributed by atoms with E-state index in [1.54, 1.807) is 0 Å². The van der Waals surface area contributed by atoms with Crippen molar-refractivity contribution in [1.82, 2.24) is 10.6 Å². The van der Waals surface area contributed by atoms with E-state index >= 15 is 0 Å². The Hall–Kier alpha value is -3.49.